The summed E-state index contributed by atoms with van der Waals surface area (Å²) in [5.41, 5.74) is 2.71. The molecule has 0 radical (unpaired) electrons. The summed E-state index contributed by atoms with van der Waals surface area (Å²) in [6.07, 6.45) is 3.84. The lowest BCUT2D eigenvalue weighted by molar-refractivity contribution is -0.120. The van der Waals surface area contributed by atoms with Gasteiger partial charge in [-0.2, -0.15) is 0 Å². The number of benzene rings is 2. The Bertz CT molecular complexity index is 759. The van der Waals surface area contributed by atoms with Crippen molar-refractivity contribution in [2.75, 3.05) is 13.1 Å². The normalized spacial score (nSPS) is 15.0. The summed E-state index contributed by atoms with van der Waals surface area (Å²) in [4.78, 5) is 14.7. The van der Waals surface area contributed by atoms with E-state index in [2.05, 4.69) is 16.3 Å². The van der Waals surface area contributed by atoms with Crippen LogP contribution in [0.1, 0.15) is 36.0 Å². The van der Waals surface area contributed by atoms with E-state index in [1.54, 1.807) is 12.1 Å². The van der Waals surface area contributed by atoms with Crippen molar-refractivity contribution in [3.05, 3.63) is 70.0 Å². The molecule has 0 bridgehead atoms. The van der Waals surface area contributed by atoms with Crippen LogP contribution in [0.2, 0.25) is 5.02 Å². The van der Waals surface area contributed by atoms with Gasteiger partial charge >= 0.3 is 0 Å². The van der Waals surface area contributed by atoms with Gasteiger partial charge in [0.15, 0.2) is 0 Å². The number of hydrogen-bond donors (Lipinski definition) is 1. The number of nitrogens with one attached hydrogen (secondary N) is 1. The van der Waals surface area contributed by atoms with Crippen LogP contribution in [0.25, 0.3) is 0 Å². The first-order valence-corrected chi connectivity index (χ1v) is 9.49. The summed E-state index contributed by atoms with van der Waals surface area (Å²) in [7, 11) is 0. The number of hydrogen-bond acceptors (Lipinski definition) is 2. The number of rotatable bonds is 6. The van der Waals surface area contributed by atoms with E-state index in [1.165, 1.54) is 30.9 Å². The maximum atomic E-state index is 13.8. The molecule has 138 valence electrons. The standard InChI is InChI=1S/C21H24ClFN2O/c22-19-9-8-16(20(23)13-19)12-21(26)24-14-17-6-2-3-7-18(17)15-25-10-4-1-5-11-25/h2-3,6-9,13H,1,4-5,10-12,14-15H2,(H,24,26). The first-order valence-electron chi connectivity index (χ1n) is 9.11. The van der Waals surface area contributed by atoms with E-state index >= 15 is 0 Å². The maximum absolute atomic E-state index is 13.8. The van der Waals surface area contributed by atoms with E-state index in [9.17, 15) is 9.18 Å². The highest BCUT2D eigenvalue weighted by Gasteiger charge is 2.13. The first kappa shape index (κ1) is 18.9. The molecule has 2 aromatic rings. The average Bonchev–Trinajstić information content (AvgIpc) is 2.64. The van der Waals surface area contributed by atoms with Crippen molar-refractivity contribution < 1.29 is 9.18 Å². The van der Waals surface area contributed by atoms with Gasteiger partial charge in [0.05, 0.1) is 6.42 Å². The fourth-order valence-corrected chi connectivity index (χ4v) is 3.50. The summed E-state index contributed by atoms with van der Waals surface area (Å²) in [6.45, 7) is 3.64. The molecule has 0 aromatic heterocycles. The van der Waals surface area contributed by atoms with Crippen LogP contribution in [0.3, 0.4) is 0 Å². The molecule has 1 N–H and O–H groups in total. The van der Waals surface area contributed by atoms with Crippen LogP contribution in [0, 0.1) is 5.82 Å². The molecule has 1 saturated heterocycles. The summed E-state index contributed by atoms with van der Waals surface area (Å²) in [5, 5.41) is 3.24. The Morgan fingerprint density at radius 1 is 1.04 bits per heavy atom. The number of piperidine rings is 1. The Hall–Kier alpha value is -1.91. The number of halogens is 2. The Morgan fingerprint density at radius 2 is 1.77 bits per heavy atom. The molecule has 2 aromatic carbocycles. The van der Waals surface area contributed by atoms with Crippen molar-refractivity contribution in [1.29, 1.82) is 0 Å². The van der Waals surface area contributed by atoms with Crippen molar-refractivity contribution in [1.82, 2.24) is 10.2 Å². The van der Waals surface area contributed by atoms with Gasteiger partial charge in [-0.15, -0.1) is 0 Å². The van der Waals surface area contributed by atoms with Crippen LogP contribution >= 0.6 is 11.6 Å². The highest BCUT2D eigenvalue weighted by atomic mass is 35.5. The van der Waals surface area contributed by atoms with Crippen LogP contribution in [0.15, 0.2) is 42.5 Å². The third-order valence-electron chi connectivity index (χ3n) is 4.80. The summed E-state index contributed by atoms with van der Waals surface area (Å²) < 4.78 is 13.8. The molecular formula is C21H24ClFN2O. The van der Waals surface area contributed by atoms with E-state index in [1.807, 2.05) is 18.2 Å². The monoisotopic (exact) mass is 374 g/mol. The van der Waals surface area contributed by atoms with Crippen molar-refractivity contribution in [3.63, 3.8) is 0 Å². The molecule has 0 atom stereocenters. The molecule has 0 unspecified atom stereocenters. The average molecular weight is 375 g/mol. The minimum absolute atomic E-state index is 0.0112. The van der Waals surface area contributed by atoms with Gasteiger partial charge in [0.25, 0.3) is 0 Å². The second-order valence-corrected chi connectivity index (χ2v) is 7.23. The minimum atomic E-state index is -0.446. The zero-order valence-electron chi connectivity index (χ0n) is 14.8. The zero-order chi connectivity index (χ0) is 18.4. The Morgan fingerprint density at radius 3 is 2.50 bits per heavy atom. The molecule has 1 heterocycles. The Labute approximate surface area is 159 Å². The fourth-order valence-electron chi connectivity index (χ4n) is 3.34. The van der Waals surface area contributed by atoms with Gasteiger partial charge in [-0.25, -0.2) is 4.39 Å². The van der Waals surface area contributed by atoms with Crippen LogP contribution in [-0.4, -0.2) is 23.9 Å². The van der Waals surface area contributed by atoms with Gasteiger partial charge in [-0.3, -0.25) is 9.69 Å². The molecule has 0 spiro atoms. The van der Waals surface area contributed by atoms with Crippen molar-refractivity contribution in [3.8, 4) is 0 Å². The van der Waals surface area contributed by atoms with Gasteiger partial charge in [0.1, 0.15) is 5.82 Å². The SMILES string of the molecule is O=C(Cc1ccc(Cl)cc1F)NCc1ccccc1CN1CCCCC1. The second kappa shape index (κ2) is 9.15. The third kappa shape index (κ3) is 5.29. The number of carbonyl (C=O) groups is 1. The largest absolute Gasteiger partial charge is 0.352 e. The molecule has 5 heteroatoms. The number of likely N-dealkylation sites (tertiary alicyclic amines) is 1. The van der Waals surface area contributed by atoms with Crippen LogP contribution in [0.5, 0.6) is 0 Å². The van der Waals surface area contributed by atoms with E-state index in [0.29, 0.717) is 17.1 Å². The number of nitrogens with zero attached hydrogens (tertiary/aromatic N) is 1. The smallest absolute Gasteiger partial charge is 0.224 e. The summed E-state index contributed by atoms with van der Waals surface area (Å²) >= 11 is 5.75. The lowest BCUT2D eigenvalue weighted by atomic mass is 10.0. The van der Waals surface area contributed by atoms with Crippen LogP contribution in [-0.2, 0) is 24.3 Å². The molecule has 1 aliphatic rings. The van der Waals surface area contributed by atoms with Crippen LogP contribution in [0.4, 0.5) is 4.39 Å². The van der Waals surface area contributed by atoms with Gasteiger partial charge in [-0.05, 0) is 54.8 Å². The lowest BCUT2D eigenvalue weighted by Gasteiger charge is -2.27. The molecule has 3 nitrogen and oxygen atoms in total. The molecule has 1 amide bonds. The maximum Gasteiger partial charge on any atom is 0.224 e. The van der Waals surface area contributed by atoms with Gasteiger partial charge in [0.2, 0.25) is 5.91 Å². The van der Waals surface area contributed by atoms with E-state index < -0.39 is 5.82 Å². The lowest BCUT2D eigenvalue weighted by Crippen LogP contribution is -2.30. The van der Waals surface area contributed by atoms with Gasteiger partial charge in [-0.1, -0.05) is 48.4 Å². The summed E-state index contributed by atoms with van der Waals surface area (Å²) in [6, 6.07) is 12.6. The number of carbonyl (C=O) groups excluding carboxylic acids is 1. The predicted octanol–water partition coefficient (Wildman–Crippen LogP) is 4.32. The molecule has 1 aliphatic heterocycles. The molecular weight excluding hydrogens is 351 g/mol. The molecule has 0 saturated carbocycles. The molecule has 26 heavy (non-hydrogen) atoms. The van der Waals surface area contributed by atoms with Gasteiger partial charge < -0.3 is 5.32 Å². The quantitative estimate of drug-likeness (QED) is 0.816. The van der Waals surface area contributed by atoms with E-state index in [0.717, 1.165) is 25.2 Å². The highest BCUT2D eigenvalue weighted by Crippen LogP contribution is 2.17. The van der Waals surface area contributed by atoms with Crippen molar-refractivity contribution in [2.24, 2.45) is 0 Å². The minimum Gasteiger partial charge on any atom is -0.352 e. The van der Waals surface area contributed by atoms with E-state index in [4.69, 9.17) is 11.6 Å². The second-order valence-electron chi connectivity index (χ2n) is 6.79. The molecule has 3 rings (SSSR count). The topological polar surface area (TPSA) is 32.3 Å². The Balaban J connectivity index is 1.57. The molecule has 0 aliphatic carbocycles. The molecule has 1 fully saturated rings. The van der Waals surface area contributed by atoms with Crippen LogP contribution < -0.4 is 5.32 Å². The number of amides is 1. The van der Waals surface area contributed by atoms with Crippen molar-refractivity contribution >= 4 is 17.5 Å². The van der Waals surface area contributed by atoms with E-state index in [-0.39, 0.29) is 12.3 Å². The van der Waals surface area contributed by atoms with Crippen molar-refractivity contribution in [2.45, 2.75) is 38.8 Å². The fraction of sp³-hybridized carbons (Fsp3) is 0.381. The highest BCUT2D eigenvalue weighted by molar-refractivity contribution is 6.30. The predicted molar refractivity (Wildman–Crippen MR) is 103 cm³/mol. The third-order valence-corrected chi connectivity index (χ3v) is 5.04. The first-order chi connectivity index (χ1) is 12.6. The van der Waals surface area contributed by atoms with Gasteiger partial charge in [0, 0.05) is 18.1 Å². The Kier molecular flexibility index (Phi) is 6.64. The zero-order valence-corrected chi connectivity index (χ0v) is 15.6. The summed E-state index contributed by atoms with van der Waals surface area (Å²) in [5.74, 6) is -0.642.